The van der Waals surface area contributed by atoms with E-state index in [0.29, 0.717) is 19.4 Å². The molecular formula is C17H28N4O2. The van der Waals surface area contributed by atoms with Crippen LogP contribution >= 0.6 is 0 Å². The van der Waals surface area contributed by atoms with Crippen molar-refractivity contribution in [1.29, 1.82) is 0 Å². The van der Waals surface area contributed by atoms with Crippen LogP contribution < -0.4 is 5.32 Å². The van der Waals surface area contributed by atoms with Gasteiger partial charge in [0.1, 0.15) is 11.4 Å². The molecule has 0 spiro atoms. The molecule has 0 aromatic carbocycles. The fourth-order valence-corrected chi connectivity index (χ4v) is 4.19. The van der Waals surface area contributed by atoms with E-state index in [4.69, 9.17) is 0 Å². The first kappa shape index (κ1) is 16.5. The molecule has 3 heterocycles. The van der Waals surface area contributed by atoms with E-state index in [1.165, 1.54) is 0 Å². The average Bonchev–Trinajstić information content (AvgIpc) is 2.92. The molecule has 3 atom stereocenters. The zero-order valence-electron chi connectivity index (χ0n) is 14.5. The zero-order valence-corrected chi connectivity index (χ0v) is 14.5. The number of amides is 1. The Morgan fingerprint density at radius 1 is 1.39 bits per heavy atom. The molecule has 1 unspecified atom stereocenters. The molecule has 0 saturated carbocycles. The summed E-state index contributed by atoms with van der Waals surface area (Å²) in [5.41, 5.74) is -1.08. The Kier molecular flexibility index (Phi) is 4.01. The Morgan fingerprint density at radius 3 is 2.48 bits per heavy atom. The molecule has 1 amide bonds. The van der Waals surface area contributed by atoms with Gasteiger partial charge in [-0.2, -0.15) is 0 Å². The van der Waals surface area contributed by atoms with Crippen molar-refractivity contribution in [3.63, 3.8) is 0 Å². The van der Waals surface area contributed by atoms with E-state index in [9.17, 15) is 9.90 Å². The molecule has 1 aromatic rings. The fraction of sp³-hybridized carbons (Fsp3) is 0.765. The van der Waals surface area contributed by atoms with Crippen molar-refractivity contribution in [1.82, 2.24) is 19.8 Å². The maximum Gasteiger partial charge on any atom is 0.234 e. The molecule has 23 heavy (non-hydrogen) atoms. The third-order valence-corrected chi connectivity index (χ3v) is 5.00. The van der Waals surface area contributed by atoms with Gasteiger partial charge in [-0.1, -0.05) is 0 Å². The average molecular weight is 320 g/mol. The summed E-state index contributed by atoms with van der Waals surface area (Å²) >= 11 is 0. The van der Waals surface area contributed by atoms with Gasteiger partial charge in [-0.05, 0) is 46.5 Å². The van der Waals surface area contributed by atoms with E-state index in [1.807, 2.05) is 38.6 Å². The van der Waals surface area contributed by atoms with Gasteiger partial charge >= 0.3 is 0 Å². The van der Waals surface area contributed by atoms with Crippen LogP contribution in [0.2, 0.25) is 0 Å². The summed E-state index contributed by atoms with van der Waals surface area (Å²) in [6.07, 6.45) is 6.99. The second-order valence-corrected chi connectivity index (χ2v) is 8.16. The molecule has 2 N–H and O–H groups in total. The van der Waals surface area contributed by atoms with Crippen LogP contribution in [0.4, 0.5) is 0 Å². The second-order valence-electron chi connectivity index (χ2n) is 8.16. The molecule has 6 heteroatoms. The lowest BCUT2D eigenvalue weighted by atomic mass is 9.85. The molecule has 6 nitrogen and oxygen atoms in total. The highest BCUT2D eigenvalue weighted by Crippen LogP contribution is 2.44. The topological polar surface area (TPSA) is 70.4 Å². The number of nitrogens with one attached hydrogen (secondary N) is 1. The minimum Gasteiger partial charge on any atom is -0.382 e. The standard InChI is InChI=1S/C17H28N4O2/c1-16(2,3)19-14(22)11-21-12-5-6-13(21)10-17(23,9-12)15-18-7-8-20(15)4/h7-8,12-13,23H,5-6,9-11H2,1-4H3,(H,19,22)/t12-,13+,17?. The first-order valence-corrected chi connectivity index (χ1v) is 8.45. The maximum absolute atomic E-state index is 12.3. The number of fused-ring (bicyclic) bond motifs is 2. The van der Waals surface area contributed by atoms with Gasteiger partial charge < -0.3 is 15.0 Å². The van der Waals surface area contributed by atoms with Crippen molar-refractivity contribution in [2.45, 2.75) is 69.7 Å². The quantitative estimate of drug-likeness (QED) is 0.876. The largest absolute Gasteiger partial charge is 0.382 e. The van der Waals surface area contributed by atoms with Gasteiger partial charge in [0, 0.05) is 37.1 Å². The molecule has 2 saturated heterocycles. The molecule has 1 aromatic heterocycles. The van der Waals surface area contributed by atoms with Crippen molar-refractivity contribution in [3.8, 4) is 0 Å². The Balaban J connectivity index is 1.70. The first-order valence-electron chi connectivity index (χ1n) is 8.45. The number of aromatic nitrogens is 2. The minimum absolute atomic E-state index is 0.0665. The van der Waals surface area contributed by atoms with Crippen LogP contribution in [0.3, 0.4) is 0 Å². The number of piperidine rings is 1. The molecule has 2 fully saturated rings. The van der Waals surface area contributed by atoms with Crippen molar-refractivity contribution in [3.05, 3.63) is 18.2 Å². The van der Waals surface area contributed by atoms with E-state index in [2.05, 4.69) is 15.2 Å². The van der Waals surface area contributed by atoms with Crippen molar-refractivity contribution < 1.29 is 9.90 Å². The minimum atomic E-state index is -0.874. The van der Waals surface area contributed by atoms with E-state index in [-0.39, 0.29) is 23.5 Å². The van der Waals surface area contributed by atoms with Crippen LogP contribution in [0.25, 0.3) is 0 Å². The number of carbonyl (C=O) groups excluding carboxylic acids is 1. The van der Waals surface area contributed by atoms with Gasteiger partial charge in [0.2, 0.25) is 5.91 Å². The summed E-state index contributed by atoms with van der Waals surface area (Å²) in [6.45, 7) is 6.41. The van der Waals surface area contributed by atoms with E-state index >= 15 is 0 Å². The van der Waals surface area contributed by atoms with Gasteiger partial charge in [-0.25, -0.2) is 4.98 Å². The summed E-state index contributed by atoms with van der Waals surface area (Å²) in [6, 6.07) is 0.502. The number of hydrogen-bond acceptors (Lipinski definition) is 4. The normalized spacial score (nSPS) is 31.3. The highest BCUT2D eigenvalue weighted by Gasteiger charge is 2.50. The van der Waals surface area contributed by atoms with Crippen LogP contribution in [0.1, 0.15) is 52.3 Å². The summed E-state index contributed by atoms with van der Waals surface area (Å²) in [5.74, 6) is 0.810. The number of aliphatic hydroxyl groups is 1. The Hall–Kier alpha value is -1.40. The number of rotatable bonds is 3. The first-order chi connectivity index (χ1) is 10.7. The van der Waals surface area contributed by atoms with Gasteiger partial charge in [-0.15, -0.1) is 0 Å². The molecule has 2 aliphatic rings. The second kappa shape index (κ2) is 5.60. The Labute approximate surface area is 137 Å². The predicted octanol–water partition coefficient (Wildman–Crippen LogP) is 1.15. The number of nitrogens with zero attached hydrogens (tertiary/aromatic N) is 3. The van der Waals surface area contributed by atoms with E-state index in [0.717, 1.165) is 18.7 Å². The predicted molar refractivity (Wildman–Crippen MR) is 87.8 cm³/mol. The third-order valence-electron chi connectivity index (χ3n) is 5.00. The molecule has 0 radical (unpaired) electrons. The molecule has 0 aliphatic carbocycles. The van der Waals surface area contributed by atoms with Gasteiger partial charge in [0.05, 0.1) is 6.54 Å². The summed E-state index contributed by atoms with van der Waals surface area (Å²) < 4.78 is 1.90. The molecule has 2 aliphatic heterocycles. The van der Waals surface area contributed by atoms with Crippen LogP contribution in [-0.4, -0.2) is 49.6 Å². The summed E-state index contributed by atoms with van der Waals surface area (Å²) in [5, 5.41) is 14.2. The highest BCUT2D eigenvalue weighted by atomic mass is 16.3. The molecule has 2 bridgehead atoms. The summed E-state index contributed by atoms with van der Waals surface area (Å²) in [4.78, 5) is 18.9. The van der Waals surface area contributed by atoms with Gasteiger partial charge in [0.15, 0.2) is 0 Å². The van der Waals surface area contributed by atoms with Crippen LogP contribution in [0.5, 0.6) is 0 Å². The lowest BCUT2D eigenvalue weighted by Crippen LogP contribution is -2.54. The van der Waals surface area contributed by atoms with Crippen molar-refractivity contribution in [2.24, 2.45) is 7.05 Å². The maximum atomic E-state index is 12.3. The molecule has 128 valence electrons. The Bertz CT molecular complexity index is 576. The number of aryl methyl sites for hydroxylation is 1. The number of imidazole rings is 1. The lowest BCUT2D eigenvalue weighted by molar-refractivity contribution is -0.127. The van der Waals surface area contributed by atoms with E-state index in [1.54, 1.807) is 6.20 Å². The number of hydrogen-bond donors (Lipinski definition) is 2. The Morgan fingerprint density at radius 2 is 2.00 bits per heavy atom. The van der Waals surface area contributed by atoms with Crippen molar-refractivity contribution in [2.75, 3.05) is 6.54 Å². The third kappa shape index (κ3) is 3.28. The molecular weight excluding hydrogens is 292 g/mol. The smallest absolute Gasteiger partial charge is 0.234 e. The molecule has 3 rings (SSSR count). The van der Waals surface area contributed by atoms with Crippen molar-refractivity contribution >= 4 is 5.91 Å². The lowest BCUT2D eigenvalue weighted by Gasteiger charge is -2.43. The SMILES string of the molecule is Cn1ccnc1C1(O)C[C@H]2CC[C@@H](C1)N2CC(=O)NC(C)(C)C. The van der Waals surface area contributed by atoms with Crippen LogP contribution in [0.15, 0.2) is 12.4 Å². The summed E-state index contributed by atoms with van der Waals surface area (Å²) in [7, 11) is 1.92. The monoisotopic (exact) mass is 320 g/mol. The van der Waals surface area contributed by atoms with Gasteiger partial charge in [-0.3, -0.25) is 9.69 Å². The van der Waals surface area contributed by atoms with Crippen LogP contribution in [-0.2, 0) is 17.4 Å². The van der Waals surface area contributed by atoms with Gasteiger partial charge in [0.25, 0.3) is 0 Å². The van der Waals surface area contributed by atoms with E-state index < -0.39 is 5.60 Å². The highest BCUT2D eigenvalue weighted by molar-refractivity contribution is 5.78. The fourth-order valence-electron chi connectivity index (χ4n) is 4.19. The number of carbonyl (C=O) groups is 1. The zero-order chi connectivity index (χ0) is 16.8. The van der Waals surface area contributed by atoms with Crippen LogP contribution in [0, 0.1) is 0 Å².